The first-order valence-corrected chi connectivity index (χ1v) is 5.81. The van der Waals surface area contributed by atoms with Gasteiger partial charge in [0.05, 0.1) is 4.47 Å². The van der Waals surface area contributed by atoms with Crippen molar-refractivity contribution >= 4 is 27.7 Å². The van der Waals surface area contributed by atoms with E-state index in [1.165, 1.54) is 0 Å². The van der Waals surface area contributed by atoms with Crippen LogP contribution in [0, 0.1) is 6.92 Å². The molecule has 0 aromatic carbocycles. The molecule has 1 aromatic rings. The van der Waals surface area contributed by atoms with Crippen LogP contribution >= 0.6 is 15.9 Å². The molecule has 0 aliphatic carbocycles. The third-order valence-corrected chi connectivity index (χ3v) is 3.25. The molecule has 1 heterocycles. The van der Waals surface area contributed by atoms with Crippen LogP contribution in [0.4, 0.5) is 5.82 Å². The maximum Gasteiger partial charge on any atom is 0.244 e. The number of hydrogen-bond acceptors (Lipinski definition) is 3. The number of pyridine rings is 1. The van der Waals surface area contributed by atoms with E-state index in [0.717, 1.165) is 10.0 Å². The van der Waals surface area contributed by atoms with Crippen LogP contribution in [0.1, 0.15) is 12.5 Å². The van der Waals surface area contributed by atoms with E-state index in [0.29, 0.717) is 5.82 Å². The van der Waals surface area contributed by atoms with Gasteiger partial charge in [0, 0.05) is 20.3 Å². The highest BCUT2D eigenvalue weighted by Crippen LogP contribution is 2.23. The van der Waals surface area contributed by atoms with E-state index in [1.807, 2.05) is 19.9 Å². The number of likely N-dealkylation sites (N-methyl/N-ethyl adjacent to an activating group) is 1. The van der Waals surface area contributed by atoms with Crippen molar-refractivity contribution < 1.29 is 4.79 Å². The fourth-order valence-corrected chi connectivity index (χ4v) is 1.64. The summed E-state index contributed by atoms with van der Waals surface area (Å²) in [6, 6.07) is 1.62. The lowest BCUT2D eigenvalue weighted by Gasteiger charge is -2.19. The molecule has 1 unspecified atom stereocenters. The van der Waals surface area contributed by atoms with E-state index in [2.05, 4.69) is 26.2 Å². The Kier molecular flexibility index (Phi) is 4.29. The standard InChI is InChI=1S/C11H16BrN3O/c1-7-5-6-13-10(9(7)12)14-8(2)11(16)15(3)4/h5-6,8H,1-4H3,(H,13,14). The van der Waals surface area contributed by atoms with Crippen LogP contribution in [0.2, 0.25) is 0 Å². The van der Waals surface area contributed by atoms with Gasteiger partial charge in [-0.1, -0.05) is 0 Å². The molecular weight excluding hydrogens is 270 g/mol. The molecule has 1 rings (SSSR count). The van der Waals surface area contributed by atoms with E-state index in [9.17, 15) is 4.79 Å². The van der Waals surface area contributed by atoms with Gasteiger partial charge in [-0.3, -0.25) is 4.79 Å². The van der Waals surface area contributed by atoms with Gasteiger partial charge in [-0.05, 0) is 41.4 Å². The Morgan fingerprint density at radius 1 is 1.56 bits per heavy atom. The predicted octanol–water partition coefficient (Wildman–Crippen LogP) is 2.04. The van der Waals surface area contributed by atoms with Gasteiger partial charge in [-0.2, -0.15) is 0 Å². The van der Waals surface area contributed by atoms with Crippen molar-refractivity contribution in [1.29, 1.82) is 0 Å². The van der Waals surface area contributed by atoms with Gasteiger partial charge in [0.25, 0.3) is 0 Å². The van der Waals surface area contributed by atoms with Crippen molar-refractivity contribution in [3.8, 4) is 0 Å². The van der Waals surface area contributed by atoms with E-state index >= 15 is 0 Å². The molecule has 1 amide bonds. The van der Waals surface area contributed by atoms with Crippen LogP contribution in [-0.2, 0) is 4.79 Å². The molecule has 0 radical (unpaired) electrons. The number of halogens is 1. The zero-order chi connectivity index (χ0) is 12.3. The molecule has 0 saturated heterocycles. The summed E-state index contributed by atoms with van der Waals surface area (Å²) in [7, 11) is 3.47. The van der Waals surface area contributed by atoms with Crippen molar-refractivity contribution in [1.82, 2.24) is 9.88 Å². The molecule has 16 heavy (non-hydrogen) atoms. The third kappa shape index (κ3) is 2.95. The molecule has 4 nitrogen and oxygen atoms in total. The Morgan fingerprint density at radius 3 is 2.75 bits per heavy atom. The number of nitrogens with zero attached hydrogens (tertiary/aromatic N) is 2. The smallest absolute Gasteiger partial charge is 0.244 e. The Balaban J connectivity index is 2.81. The molecule has 1 N–H and O–H groups in total. The minimum absolute atomic E-state index is 0.0233. The monoisotopic (exact) mass is 285 g/mol. The molecule has 5 heteroatoms. The number of aromatic nitrogens is 1. The lowest BCUT2D eigenvalue weighted by Crippen LogP contribution is -2.36. The first-order valence-electron chi connectivity index (χ1n) is 5.02. The normalized spacial score (nSPS) is 12.1. The summed E-state index contributed by atoms with van der Waals surface area (Å²) >= 11 is 3.44. The number of nitrogens with one attached hydrogen (secondary N) is 1. The van der Waals surface area contributed by atoms with Crippen LogP contribution in [0.25, 0.3) is 0 Å². The van der Waals surface area contributed by atoms with Crippen molar-refractivity contribution in [3.63, 3.8) is 0 Å². The second-order valence-corrected chi connectivity index (χ2v) is 4.68. The topological polar surface area (TPSA) is 45.2 Å². The maximum atomic E-state index is 11.7. The molecule has 0 aliphatic heterocycles. The minimum atomic E-state index is -0.291. The minimum Gasteiger partial charge on any atom is -0.358 e. The van der Waals surface area contributed by atoms with Crippen molar-refractivity contribution in [2.24, 2.45) is 0 Å². The Morgan fingerprint density at radius 2 is 2.19 bits per heavy atom. The Bertz CT molecular complexity index is 393. The van der Waals surface area contributed by atoms with Crippen molar-refractivity contribution in [3.05, 3.63) is 22.3 Å². The predicted molar refractivity (Wildman–Crippen MR) is 68.5 cm³/mol. The van der Waals surface area contributed by atoms with Gasteiger partial charge in [-0.15, -0.1) is 0 Å². The fraction of sp³-hybridized carbons (Fsp3) is 0.455. The summed E-state index contributed by atoms with van der Waals surface area (Å²) in [4.78, 5) is 17.4. The molecular formula is C11H16BrN3O. The average Bonchev–Trinajstić information content (AvgIpc) is 2.23. The molecule has 1 atom stereocenters. The summed E-state index contributed by atoms with van der Waals surface area (Å²) in [6.45, 7) is 3.80. The van der Waals surface area contributed by atoms with Crippen LogP contribution < -0.4 is 5.32 Å². The molecule has 0 bridgehead atoms. The Labute approximate surface area is 104 Å². The number of amides is 1. The highest BCUT2D eigenvalue weighted by Gasteiger charge is 2.16. The van der Waals surface area contributed by atoms with Crippen molar-refractivity contribution in [2.75, 3.05) is 19.4 Å². The SMILES string of the molecule is Cc1ccnc(NC(C)C(=O)N(C)C)c1Br. The number of rotatable bonds is 3. The number of hydrogen-bond donors (Lipinski definition) is 1. The van der Waals surface area contributed by atoms with E-state index in [1.54, 1.807) is 25.2 Å². The molecule has 1 aromatic heterocycles. The summed E-state index contributed by atoms with van der Waals surface area (Å²) in [5, 5.41) is 3.08. The van der Waals surface area contributed by atoms with Crippen LogP contribution in [-0.4, -0.2) is 35.9 Å². The van der Waals surface area contributed by atoms with Gasteiger partial charge >= 0.3 is 0 Å². The quantitative estimate of drug-likeness (QED) is 0.925. The largest absolute Gasteiger partial charge is 0.358 e. The van der Waals surface area contributed by atoms with Gasteiger partial charge in [0.1, 0.15) is 11.9 Å². The first-order chi connectivity index (χ1) is 7.43. The lowest BCUT2D eigenvalue weighted by molar-refractivity contribution is -0.129. The van der Waals surface area contributed by atoms with Gasteiger partial charge in [0.2, 0.25) is 5.91 Å². The van der Waals surface area contributed by atoms with Crippen LogP contribution in [0.15, 0.2) is 16.7 Å². The molecule has 0 saturated carbocycles. The summed E-state index contributed by atoms with van der Waals surface area (Å²) in [5.74, 6) is 0.720. The number of anilines is 1. The summed E-state index contributed by atoms with van der Waals surface area (Å²) < 4.78 is 0.897. The van der Waals surface area contributed by atoms with Crippen molar-refractivity contribution in [2.45, 2.75) is 19.9 Å². The first kappa shape index (κ1) is 13.0. The number of carbonyl (C=O) groups excluding carboxylic acids is 1. The highest BCUT2D eigenvalue weighted by molar-refractivity contribution is 9.10. The Hall–Kier alpha value is -1.10. The fourth-order valence-electron chi connectivity index (χ4n) is 1.29. The van der Waals surface area contributed by atoms with Crippen LogP contribution in [0.3, 0.4) is 0 Å². The van der Waals surface area contributed by atoms with Gasteiger partial charge in [0.15, 0.2) is 0 Å². The maximum absolute atomic E-state index is 11.7. The molecule has 0 aliphatic rings. The van der Waals surface area contributed by atoms with Gasteiger partial charge in [-0.25, -0.2) is 4.98 Å². The molecule has 88 valence electrons. The second-order valence-electron chi connectivity index (χ2n) is 3.89. The summed E-state index contributed by atoms with van der Waals surface area (Å²) in [6.07, 6.45) is 1.72. The number of carbonyl (C=O) groups is 1. The van der Waals surface area contributed by atoms with E-state index in [4.69, 9.17) is 0 Å². The zero-order valence-electron chi connectivity index (χ0n) is 9.91. The lowest BCUT2D eigenvalue weighted by atomic mass is 10.2. The zero-order valence-corrected chi connectivity index (χ0v) is 11.5. The second kappa shape index (κ2) is 5.30. The number of aryl methyl sites for hydroxylation is 1. The highest BCUT2D eigenvalue weighted by atomic mass is 79.9. The summed E-state index contributed by atoms with van der Waals surface area (Å²) in [5.41, 5.74) is 1.09. The molecule has 0 fully saturated rings. The third-order valence-electron chi connectivity index (χ3n) is 2.25. The average molecular weight is 286 g/mol. The van der Waals surface area contributed by atoms with E-state index < -0.39 is 0 Å². The van der Waals surface area contributed by atoms with Gasteiger partial charge < -0.3 is 10.2 Å². The van der Waals surface area contributed by atoms with E-state index in [-0.39, 0.29) is 11.9 Å². The van der Waals surface area contributed by atoms with Crippen LogP contribution in [0.5, 0.6) is 0 Å². The molecule has 0 spiro atoms.